The molecule has 6 heteroatoms. The first-order chi connectivity index (χ1) is 10.1. The van der Waals surface area contributed by atoms with Crippen molar-refractivity contribution >= 4 is 17.3 Å². The molecule has 0 saturated carbocycles. The van der Waals surface area contributed by atoms with Gasteiger partial charge in [0.15, 0.2) is 0 Å². The fraction of sp³-hybridized carbons (Fsp3) is 0.533. The molecule has 1 amide bonds. The van der Waals surface area contributed by atoms with Gasteiger partial charge in [-0.3, -0.25) is 14.9 Å². The van der Waals surface area contributed by atoms with E-state index in [0.717, 1.165) is 19.4 Å². The summed E-state index contributed by atoms with van der Waals surface area (Å²) in [4.78, 5) is 22.4. The maximum atomic E-state index is 11.9. The van der Waals surface area contributed by atoms with Crippen molar-refractivity contribution in [2.45, 2.75) is 45.1 Å². The van der Waals surface area contributed by atoms with Crippen LogP contribution in [0.2, 0.25) is 0 Å². The first-order valence-corrected chi connectivity index (χ1v) is 7.34. The molecule has 1 fully saturated rings. The van der Waals surface area contributed by atoms with E-state index < -0.39 is 4.92 Å². The van der Waals surface area contributed by atoms with E-state index in [0.29, 0.717) is 23.7 Å². The maximum Gasteiger partial charge on any atom is 0.274 e. The largest absolute Gasteiger partial charge is 0.326 e. The highest BCUT2D eigenvalue weighted by molar-refractivity contribution is 5.91. The van der Waals surface area contributed by atoms with Gasteiger partial charge in [0, 0.05) is 29.8 Å². The highest BCUT2D eigenvalue weighted by Crippen LogP contribution is 2.22. The lowest BCUT2D eigenvalue weighted by Crippen LogP contribution is -2.34. The number of nitrogens with zero attached hydrogens (tertiary/aromatic N) is 1. The molecule has 1 atom stereocenters. The molecule has 1 heterocycles. The van der Waals surface area contributed by atoms with Crippen LogP contribution in [-0.2, 0) is 4.79 Å². The average molecular weight is 291 g/mol. The van der Waals surface area contributed by atoms with E-state index in [9.17, 15) is 14.9 Å². The molecule has 0 aliphatic carbocycles. The van der Waals surface area contributed by atoms with Crippen molar-refractivity contribution < 1.29 is 9.72 Å². The number of nitro benzene ring substituents is 1. The predicted molar refractivity (Wildman–Crippen MR) is 81.3 cm³/mol. The standard InChI is InChI=1S/C15H21N3O3/c1-11-5-6-13(10-14(11)18(20)21)17-15(19)8-7-12-4-2-3-9-16-12/h5-6,10,12,16H,2-4,7-9H2,1H3,(H,17,19). The molecular formula is C15H21N3O3. The summed E-state index contributed by atoms with van der Waals surface area (Å²) in [7, 11) is 0. The zero-order valence-electron chi connectivity index (χ0n) is 12.2. The van der Waals surface area contributed by atoms with Crippen LogP contribution in [0, 0.1) is 17.0 Å². The number of amides is 1. The quantitative estimate of drug-likeness (QED) is 0.645. The third kappa shape index (κ3) is 4.53. The number of nitro groups is 1. The van der Waals surface area contributed by atoms with Gasteiger partial charge in [-0.15, -0.1) is 0 Å². The summed E-state index contributed by atoms with van der Waals surface area (Å²) >= 11 is 0. The number of rotatable bonds is 5. The fourth-order valence-corrected chi connectivity index (χ4v) is 2.58. The molecular weight excluding hydrogens is 270 g/mol. The van der Waals surface area contributed by atoms with Gasteiger partial charge in [-0.2, -0.15) is 0 Å². The Labute approximate surface area is 124 Å². The molecule has 1 aliphatic rings. The molecule has 1 aromatic carbocycles. The second-order valence-corrected chi connectivity index (χ2v) is 5.49. The van der Waals surface area contributed by atoms with Crippen molar-refractivity contribution in [1.82, 2.24) is 5.32 Å². The van der Waals surface area contributed by atoms with Crippen LogP contribution in [0.1, 0.15) is 37.7 Å². The van der Waals surface area contributed by atoms with E-state index in [1.165, 1.54) is 18.9 Å². The van der Waals surface area contributed by atoms with Crippen LogP contribution < -0.4 is 10.6 Å². The number of hydrogen-bond donors (Lipinski definition) is 2. The molecule has 1 aliphatic heterocycles. The molecule has 1 saturated heterocycles. The van der Waals surface area contributed by atoms with Gasteiger partial charge in [0.25, 0.3) is 5.69 Å². The number of anilines is 1. The minimum absolute atomic E-state index is 0.0294. The summed E-state index contributed by atoms with van der Waals surface area (Å²) in [5.41, 5.74) is 1.10. The van der Waals surface area contributed by atoms with E-state index in [2.05, 4.69) is 10.6 Å². The normalized spacial score (nSPS) is 18.2. The Balaban J connectivity index is 1.87. The number of benzene rings is 1. The second kappa shape index (κ2) is 7.17. The zero-order chi connectivity index (χ0) is 15.2. The topological polar surface area (TPSA) is 84.3 Å². The Hall–Kier alpha value is -1.95. The van der Waals surface area contributed by atoms with Gasteiger partial charge in [-0.1, -0.05) is 12.5 Å². The molecule has 1 unspecified atom stereocenters. The number of hydrogen-bond acceptors (Lipinski definition) is 4. The van der Waals surface area contributed by atoms with E-state index in [4.69, 9.17) is 0 Å². The third-order valence-electron chi connectivity index (χ3n) is 3.82. The molecule has 2 N–H and O–H groups in total. The average Bonchev–Trinajstić information content (AvgIpc) is 2.48. The smallest absolute Gasteiger partial charge is 0.274 e. The molecule has 0 radical (unpaired) electrons. The van der Waals surface area contributed by atoms with E-state index in [1.54, 1.807) is 19.1 Å². The van der Waals surface area contributed by atoms with Crippen molar-refractivity contribution in [3.05, 3.63) is 33.9 Å². The number of aryl methyl sites for hydroxylation is 1. The maximum absolute atomic E-state index is 11.9. The van der Waals surface area contributed by atoms with Crippen LogP contribution in [0.3, 0.4) is 0 Å². The van der Waals surface area contributed by atoms with Gasteiger partial charge in [-0.25, -0.2) is 0 Å². The van der Waals surface area contributed by atoms with Gasteiger partial charge < -0.3 is 10.6 Å². The van der Waals surface area contributed by atoms with Gasteiger partial charge in [0.2, 0.25) is 5.91 Å². The lowest BCUT2D eigenvalue weighted by atomic mass is 10.0. The Kier molecular flexibility index (Phi) is 5.27. The number of piperidine rings is 1. The highest BCUT2D eigenvalue weighted by atomic mass is 16.6. The van der Waals surface area contributed by atoms with Crippen molar-refractivity contribution in [3.8, 4) is 0 Å². The van der Waals surface area contributed by atoms with Gasteiger partial charge in [0.05, 0.1) is 4.92 Å². The van der Waals surface area contributed by atoms with Crippen LogP contribution in [0.25, 0.3) is 0 Å². The van der Waals surface area contributed by atoms with Gasteiger partial charge >= 0.3 is 0 Å². The van der Waals surface area contributed by atoms with Crippen molar-refractivity contribution in [1.29, 1.82) is 0 Å². The Morgan fingerprint density at radius 2 is 2.29 bits per heavy atom. The summed E-state index contributed by atoms with van der Waals surface area (Å²) in [5.74, 6) is -0.0967. The number of carbonyl (C=O) groups excluding carboxylic acids is 1. The summed E-state index contributed by atoms with van der Waals surface area (Å²) in [6.07, 6.45) is 4.77. The highest BCUT2D eigenvalue weighted by Gasteiger charge is 2.15. The number of nitrogens with one attached hydrogen (secondary N) is 2. The minimum atomic E-state index is -0.434. The van der Waals surface area contributed by atoms with Crippen LogP contribution in [-0.4, -0.2) is 23.4 Å². The Morgan fingerprint density at radius 1 is 1.48 bits per heavy atom. The minimum Gasteiger partial charge on any atom is -0.326 e. The van der Waals surface area contributed by atoms with Gasteiger partial charge in [-0.05, 0) is 38.8 Å². The first-order valence-electron chi connectivity index (χ1n) is 7.34. The van der Waals surface area contributed by atoms with E-state index >= 15 is 0 Å². The first kappa shape index (κ1) is 15.4. The van der Waals surface area contributed by atoms with Crippen molar-refractivity contribution in [3.63, 3.8) is 0 Å². The molecule has 0 bridgehead atoms. The zero-order valence-corrected chi connectivity index (χ0v) is 12.2. The second-order valence-electron chi connectivity index (χ2n) is 5.49. The summed E-state index contributed by atoms with van der Waals surface area (Å²) in [6.45, 7) is 2.70. The third-order valence-corrected chi connectivity index (χ3v) is 3.82. The van der Waals surface area contributed by atoms with Crippen LogP contribution in [0.4, 0.5) is 11.4 Å². The summed E-state index contributed by atoms with van der Waals surface area (Å²) < 4.78 is 0. The molecule has 1 aromatic rings. The fourth-order valence-electron chi connectivity index (χ4n) is 2.58. The van der Waals surface area contributed by atoms with Crippen LogP contribution >= 0.6 is 0 Å². The van der Waals surface area contributed by atoms with Gasteiger partial charge in [0.1, 0.15) is 0 Å². The van der Waals surface area contributed by atoms with E-state index in [1.807, 2.05) is 0 Å². The molecule has 6 nitrogen and oxygen atoms in total. The summed E-state index contributed by atoms with van der Waals surface area (Å²) in [6, 6.07) is 5.17. The predicted octanol–water partition coefficient (Wildman–Crippen LogP) is 2.76. The van der Waals surface area contributed by atoms with E-state index in [-0.39, 0.29) is 11.6 Å². The molecule has 2 rings (SSSR count). The van der Waals surface area contributed by atoms with Crippen LogP contribution in [0.15, 0.2) is 18.2 Å². The molecule has 0 spiro atoms. The monoisotopic (exact) mass is 291 g/mol. The van der Waals surface area contributed by atoms with Crippen molar-refractivity contribution in [2.75, 3.05) is 11.9 Å². The lowest BCUT2D eigenvalue weighted by molar-refractivity contribution is -0.385. The SMILES string of the molecule is Cc1ccc(NC(=O)CCC2CCCCN2)cc1[N+](=O)[O-]. The molecule has 21 heavy (non-hydrogen) atoms. The number of carbonyl (C=O) groups is 1. The Morgan fingerprint density at radius 3 is 2.95 bits per heavy atom. The summed E-state index contributed by atoms with van der Waals surface area (Å²) in [5, 5.41) is 17.0. The van der Waals surface area contributed by atoms with Crippen molar-refractivity contribution in [2.24, 2.45) is 0 Å². The van der Waals surface area contributed by atoms with Crippen LogP contribution in [0.5, 0.6) is 0 Å². The Bertz CT molecular complexity index is 525. The molecule has 0 aromatic heterocycles. The molecule has 114 valence electrons. The lowest BCUT2D eigenvalue weighted by Gasteiger charge is -2.23.